The van der Waals surface area contributed by atoms with Crippen molar-refractivity contribution in [2.24, 2.45) is 0 Å². The van der Waals surface area contributed by atoms with Gasteiger partial charge in [-0.05, 0) is 30.7 Å². The fourth-order valence-corrected chi connectivity index (χ4v) is 3.00. The predicted octanol–water partition coefficient (Wildman–Crippen LogP) is 3.12. The van der Waals surface area contributed by atoms with Gasteiger partial charge < -0.3 is 4.57 Å². The van der Waals surface area contributed by atoms with Crippen molar-refractivity contribution in [3.05, 3.63) is 35.5 Å². The second-order valence-electron chi connectivity index (χ2n) is 4.30. The minimum atomic E-state index is -2.87. The monoisotopic (exact) mass is 285 g/mol. The van der Waals surface area contributed by atoms with Gasteiger partial charge in [0.25, 0.3) is 0 Å². The summed E-state index contributed by atoms with van der Waals surface area (Å²) in [4.78, 5) is 0. The Bertz CT molecular complexity index is 646. The molecule has 3 nitrogen and oxygen atoms in total. The molecule has 0 fully saturated rings. The smallest absolute Gasteiger partial charge is 0.150 e. The van der Waals surface area contributed by atoms with Gasteiger partial charge in [-0.15, -0.1) is 0 Å². The second kappa shape index (κ2) is 5.33. The first-order valence-electron chi connectivity index (χ1n) is 5.96. The first kappa shape index (κ1) is 13.4. The van der Waals surface area contributed by atoms with Crippen LogP contribution in [-0.4, -0.2) is 24.5 Å². The topological polar surface area (TPSA) is 39.1 Å². The molecule has 0 aliphatic heterocycles. The van der Waals surface area contributed by atoms with E-state index in [0.717, 1.165) is 10.9 Å². The average Bonchev–Trinajstić information content (AvgIpc) is 2.71. The average molecular weight is 286 g/mol. The lowest BCUT2D eigenvalue weighted by Crippen LogP contribution is -2.10. The van der Waals surface area contributed by atoms with Gasteiger partial charge in [0.1, 0.15) is 9.84 Å². The number of rotatable bonds is 5. The third-order valence-electron chi connectivity index (χ3n) is 3.03. The normalized spacial score (nSPS) is 12.1. The summed E-state index contributed by atoms with van der Waals surface area (Å²) in [5, 5.41) is 1.80. The van der Waals surface area contributed by atoms with Crippen molar-refractivity contribution in [1.29, 1.82) is 0 Å². The Balaban J connectivity index is 2.09. The molecule has 0 spiro atoms. The van der Waals surface area contributed by atoms with Crippen molar-refractivity contribution < 1.29 is 8.42 Å². The third kappa shape index (κ3) is 3.06. The van der Waals surface area contributed by atoms with Crippen LogP contribution >= 0.6 is 11.6 Å². The van der Waals surface area contributed by atoms with Crippen LogP contribution < -0.4 is 0 Å². The van der Waals surface area contributed by atoms with Crippen LogP contribution in [0.15, 0.2) is 30.5 Å². The molecule has 0 radical (unpaired) electrons. The second-order valence-corrected chi connectivity index (χ2v) is 7.21. The molecule has 0 bridgehead atoms. The molecule has 1 heterocycles. The number of halogens is 1. The molecule has 1 aromatic heterocycles. The Morgan fingerprint density at radius 2 is 2.06 bits per heavy atom. The van der Waals surface area contributed by atoms with Crippen LogP contribution in [0.5, 0.6) is 0 Å². The third-order valence-corrected chi connectivity index (χ3v) is 5.05. The molecule has 0 saturated carbocycles. The zero-order valence-electron chi connectivity index (χ0n) is 10.3. The van der Waals surface area contributed by atoms with Gasteiger partial charge in [0.2, 0.25) is 0 Å². The highest BCUT2D eigenvalue weighted by Crippen LogP contribution is 2.20. The van der Waals surface area contributed by atoms with Crippen LogP contribution in [-0.2, 0) is 16.4 Å². The lowest BCUT2D eigenvalue weighted by molar-refractivity contribution is 0.589. The van der Waals surface area contributed by atoms with Gasteiger partial charge in [0.05, 0.1) is 5.75 Å². The molecule has 2 aromatic rings. The first-order valence-corrected chi connectivity index (χ1v) is 8.16. The molecule has 0 aliphatic rings. The van der Waals surface area contributed by atoms with E-state index in [2.05, 4.69) is 4.57 Å². The number of benzene rings is 1. The van der Waals surface area contributed by atoms with Crippen LogP contribution in [0.4, 0.5) is 0 Å². The molecule has 0 atom stereocenters. The van der Waals surface area contributed by atoms with Crippen molar-refractivity contribution in [2.45, 2.75) is 19.9 Å². The van der Waals surface area contributed by atoms with Crippen molar-refractivity contribution >= 4 is 32.3 Å². The SMILES string of the molecule is CCS(=O)(=O)CCCn1ccc2cc(Cl)ccc21. The number of fused-ring (bicyclic) bond motifs is 1. The summed E-state index contributed by atoms with van der Waals surface area (Å²) in [6.45, 7) is 2.40. The maximum absolute atomic E-state index is 11.4. The highest BCUT2D eigenvalue weighted by Gasteiger charge is 2.07. The Kier molecular flexibility index (Phi) is 3.97. The van der Waals surface area contributed by atoms with E-state index < -0.39 is 9.84 Å². The van der Waals surface area contributed by atoms with E-state index in [1.807, 2.05) is 30.5 Å². The summed E-state index contributed by atoms with van der Waals surface area (Å²) in [5.41, 5.74) is 1.09. The van der Waals surface area contributed by atoms with E-state index in [1.54, 1.807) is 6.92 Å². The number of aromatic nitrogens is 1. The molecule has 1 aromatic carbocycles. The van der Waals surface area contributed by atoms with Crippen molar-refractivity contribution in [3.8, 4) is 0 Å². The van der Waals surface area contributed by atoms with Crippen molar-refractivity contribution in [3.63, 3.8) is 0 Å². The number of hydrogen-bond acceptors (Lipinski definition) is 2. The zero-order valence-corrected chi connectivity index (χ0v) is 11.8. The van der Waals surface area contributed by atoms with E-state index in [-0.39, 0.29) is 11.5 Å². The van der Waals surface area contributed by atoms with Crippen LogP contribution in [0.1, 0.15) is 13.3 Å². The molecular weight excluding hydrogens is 270 g/mol. The standard InChI is InChI=1S/C13H16ClNO2S/c1-2-18(16,17)9-3-7-15-8-6-11-10-12(14)4-5-13(11)15/h4-6,8,10H,2-3,7,9H2,1H3. The van der Waals surface area contributed by atoms with Crippen LogP contribution in [0.2, 0.25) is 5.02 Å². The predicted molar refractivity (Wildman–Crippen MR) is 75.9 cm³/mol. The van der Waals surface area contributed by atoms with Crippen molar-refractivity contribution in [1.82, 2.24) is 4.57 Å². The molecular formula is C13H16ClNO2S. The number of hydrogen-bond donors (Lipinski definition) is 0. The zero-order chi connectivity index (χ0) is 13.2. The molecule has 0 unspecified atom stereocenters. The van der Waals surface area contributed by atoms with E-state index in [1.165, 1.54) is 0 Å². The highest BCUT2D eigenvalue weighted by molar-refractivity contribution is 7.91. The van der Waals surface area contributed by atoms with Crippen LogP contribution in [0, 0.1) is 0 Å². The fourth-order valence-electron chi connectivity index (χ4n) is 1.97. The summed E-state index contributed by atoms with van der Waals surface area (Å²) in [5.74, 6) is 0.464. The summed E-state index contributed by atoms with van der Waals surface area (Å²) < 4.78 is 24.9. The Hall–Kier alpha value is -1.00. The Morgan fingerprint density at radius 1 is 1.28 bits per heavy atom. The first-order chi connectivity index (χ1) is 8.52. The minimum absolute atomic E-state index is 0.217. The van der Waals surface area contributed by atoms with Crippen LogP contribution in [0.25, 0.3) is 10.9 Å². The quantitative estimate of drug-likeness (QED) is 0.847. The molecule has 0 N–H and O–H groups in total. The molecule has 0 amide bonds. The number of aryl methyl sites for hydroxylation is 1. The van der Waals surface area contributed by atoms with Gasteiger partial charge in [0.15, 0.2) is 0 Å². The van der Waals surface area contributed by atoms with E-state index in [4.69, 9.17) is 11.6 Å². The van der Waals surface area contributed by atoms with Crippen LogP contribution in [0.3, 0.4) is 0 Å². The molecule has 18 heavy (non-hydrogen) atoms. The molecule has 0 aliphatic carbocycles. The van der Waals surface area contributed by atoms with E-state index in [0.29, 0.717) is 18.0 Å². The summed E-state index contributed by atoms with van der Waals surface area (Å²) in [6, 6.07) is 7.72. The lowest BCUT2D eigenvalue weighted by Gasteiger charge is -2.05. The van der Waals surface area contributed by atoms with E-state index in [9.17, 15) is 8.42 Å². The summed E-state index contributed by atoms with van der Waals surface area (Å²) >= 11 is 5.92. The summed E-state index contributed by atoms with van der Waals surface area (Å²) in [7, 11) is -2.87. The van der Waals surface area contributed by atoms with Gasteiger partial charge in [-0.1, -0.05) is 18.5 Å². The Morgan fingerprint density at radius 3 is 2.78 bits per heavy atom. The lowest BCUT2D eigenvalue weighted by atomic mass is 10.2. The molecule has 2 rings (SSSR count). The number of sulfone groups is 1. The van der Waals surface area contributed by atoms with Gasteiger partial charge in [0, 0.05) is 34.4 Å². The summed E-state index contributed by atoms with van der Waals surface area (Å²) in [6.07, 6.45) is 2.61. The van der Waals surface area contributed by atoms with E-state index >= 15 is 0 Å². The molecule has 98 valence electrons. The van der Waals surface area contributed by atoms with Crippen molar-refractivity contribution in [2.75, 3.05) is 11.5 Å². The Labute approximate surface area is 112 Å². The highest BCUT2D eigenvalue weighted by atomic mass is 35.5. The molecule has 5 heteroatoms. The van der Waals surface area contributed by atoms with Gasteiger partial charge in [-0.2, -0.15) is 0 Å². The largest absolute Gasteiger partial charge is 0.347 e. The minimum Gasteiger partial charge on any atom is -0.347 e. The molecule has 0 saturated heterocycles. The van der Waals surface area contributed by atoms with Gasteiger partial charge in [-0.25, -0.2) is 8.42 Å². The maximum atomic E-state index is 11.4. The maximum Gasteiger partial charge on any atom is 0.150 e. The van der Waals surface area contributed by atoms with Gasteiger partial charge >= 0.3 is 0 Å². The van der Waals surface area contributed by atoms with Gasteiger partial charge in [-0.3, -0.25) is 0 Å². The fraction of sp³-hybridized carbons (Fsp3) is 0.385. The number of nitrogens with zero attached hydrogens (tertiary/aromatic N) is 1.